The maximum atomic E-state index is 12.8. The number of benzene rings is 1. The minimum atomic E-state index is -0.237. The van der Waals surface area contributed by atoms with Gasteiger partial charge in [0.25, 0.3) is 11.8 Å². The lowest BCUT2D eigenvalue weighted by atomic mass is 10.2. The quantitative estimate of drug-likeness (QED) is 0.851. The van der Waals surface area contributed by atoms with Crippen molar-refractivity contribution in [2.75, 3.05) is 32.7 Å². The number of piperazine rings is 1. The maximum Gasteiger partial charge on any atom is 0.272 e. The average Bonchev–Trinajstić information content (AvgIpc) is 2.73. The molecule has 2 amide bonds. The number of nitrogens with zero attached hydrogens (tertiary/aromatic N) is 3. The Morgan fingerprint density at radius 1 is 0.963 bits per heavy atom. The molecule has 0 spiro atoms. The van der Waals surface area contributed by atoms with Crippen LogP contribution in [0.4, 0.5) is 0 Å². The zero-order valence-corrected chi connectivity index (χ0v) is 15.7. The summed E-state index contributed by atoms with van der Waals surface area (Å²) in [4.78, 5) is 33.3. The molecule has 2 heterocycles. The van der Waals surface area contributed by atoms with E-state index in [0.717, 1.165) is 26.1 Å². The Labute approximate surface area is 160 Å². The first kappa shape index (κ1) is 19.0. The molecule has 1 aliphatic rings. The Morgan fingerprint density at radius 3 is 2.37 bits per heavy atom. The van der Waals surface area contributed by atoms with Crippen molar-refractivity contribution in [3.05, 3.63) is 65.5 Å². The predicted molar refractivity (Wildman–Crippen MR) is 104 cm³/mol. The van der Waals surface area contributed by atoms with Gasteiger partial charge in [0.2, 0.25) is 0 Å². The van der Waals surface area contributed by atoms with E-state index in [1.807, 2.05) is 30.0 Å². The van der Waals surface area contributed by atoms with Crippen molar-refractivity contribution < 1.29 is 9.59 Å². The van der Waals surface area contributed by atoms with Crippen molar-refractivity contribution in [1.29, 1.82) is 0 Å². The summed E-state index contributed by atoms with van der Waals surface area (Å²) in [7, 11) is 0. The highest BCUT2D eigenvalue weighted by molar-refractivity contribution is 5.96. The van der Waals surface area contributed by atoms with Crippen LogP contribution in [0.1, 0.15) is 39.9 Å². The number of amides is 2. The normalized spacial score (nSPS) is 14.8. The first-order valence-corrected chi connectivity index (χ1v) is 9.48. The predicted octanol–water partition coefficient (Wildman–Crippen LogP) is 2.18. The number of hydrogen-bond donors (Lipinski definition) is 1. The first-order valence-electron chi connectivity index (χ1n) is 9.48. The Kier molecular flexibility index (Phi) is 6.54. The molecule has 0 aliphatic carbocycles. The third-order valence-corrected chi connectivity index (χ3v) is 4.64. The molecule has 0 saturated carbocycles. The molecule has 1 aromatic carbocycles. The third-order valence-electron chi connectivity index (χ3n) is 4.64. The van der Waals surface area contributed by atoms with Crippen LogP contribution in [-0.4, -0.2) is 59.3 Å². The van der Waals surface area contributed by atoms with Crippen LogP contribution in [-0.2, 0) is 6.54 Å². The van der Waals surface area contributed by atoms with Crippen LogP contribution in [0.5, 0.6) is 0 Å². The van der Waals surface area contributed by atoms with Crippen molar-refractivity contribution in [2.24, 2.45) is 0 Å². The Hall–Kier alpha value is -2.73. The van der Waals surface area contributed by atoms with Crippen molar-refractivity contribution in [2.45, 2.75) is 19.9 Å². The van der Waals surface area contributed by atoms with Crippen LogP contribution in [0, 0.1) is 0 Å². The molecule has 1 fully saturated rings. The van der Waals surface area contributed by atoms with E-state index in [2.05, 4.69) is 27.3 Å². The van der Waals surface area contributed by atoms with Gasteiger partial charge in [0.1, 0.15) is 11.4 Å². The van der Waals surface area contributed by atoms with Gasteiger partial charge in [0.15, 0.2) is 0 Å². The second-order valence-electron chi connectivity index (χ2n) is 6.72. The van der Waals surface area contributed by atoms with Gasteiger partial charge in [0, 0.05) is 39.3 Å². The third kappa shape index (κ3) is 5.14. The molecule has 2 aromatic rings. The first-order chi connectivity index (χ1) is 13.2. The molecular weight excluding hydrogens is 340 g/mol. The molecule has 1 aliphatic heterocycles. The van der Waals surface area contributed by atoms with Gasteiger partial charge in [-0.1, -0.05) is 43.3 Å². The van der Waals surface area contributed by atoms with E-state index in [1.165, 1.54) is 5.56 Å². The summed E-state index contributed by atoms with van der Waals surface area (Å²) < 4.78 is 0. The molecule has 6 nitrogen and oxygen atoms in total. The van der Waals surface area contributed by atoms with Crippen LogP contribution >= 0.6 is 0 Å². The van der Waals surface area contributed by atoms with Gasteiger partial charge >= 0.3 is 0 Å². The van der Waals surface area contributed by atoms with E-state index in [4.69, 9.17) is 0 Å². The molecule has 0 bridgehead atoms. The standard InChI is InChI=1S/C21H26N4O2/c1-2-11-22-20(26)18-9-6-10-19(23-18)21(27)25-14-12-24(13-15-25)16-17-7-4-3-5-8-17/h3-10H,2,11-16H2,1H3,(H,22,26). The highest BCUT2D eigenvalue weighted by atomic mass is 16.2. The minimum absolute atomic E-state index is 0.112. The lowest BCUT2D eigenvalue weighted by Gasteiger charge is -2.34. The molecule has 0 radical (unpaired) electrons. The molecule has 142 valence electrons. The van der Waals surface area contributed by atoms with E-state index in [-0.39, 0.29) is 17.5 Å². The number of carbonyl (C=O) groups excluding carboxylic acids is 2. The summed E-state index contributed by atoms with van der Waals surface area (Å²) in [5, 5.41) is 2.79. The molecule has 6 heteroatoms. The molecule has 27 heavy (non-hydrogen) atoms. The number of aromatic nitrogens is 1. The average molecular weight is 366 g/mol. The van der Waals surface area contributed by atoms with Crippen molar-refractivity contribution in [3.63, 3.8) is 0 Å². The van der Waals surface area contributed by atoms with Gasteiger partial charge in [-0.2, -0.15) is 0 Å². The molecule has 0 atom stereocenters. The molecule has 1 saturated heterocycles. The number of rotatable bonds is 6. The summed E-state index contributed by atoms with van der Waals surface area (Å²) in [5.41, 5.74) is 1.90. The van der Waals surface area contributed by atoms with Gasteiger partial charge < -0.3 is 10.2 Å². The molecule has 1 N–H and O–H groups in total. The largest absolute Gasteiger partial charge is 0.351 e. The number of hydrogen-bond acceptors (Lipinski definition) is 4. The van der Waals surface area contributed by atoms with Crippen LogP contribution in [0.25, 0.3) is 0 Å². The number of pyridine rings is 1. The molecular formula is C21H26N4O2. The van der Waals surface area contributed by atoms with E-state index >= 15 is 0 Å². The Balaban J connectivity index is 1.57. The highest BCUT2D eigenvalue weighted by Crippen LogP contribution is 2.11. The summed E-state index contributed by atoms with van der Waals surface area (Å²) in [5.74, 6) is -0.348. The Bertz CT molecular complexity index is 771. The second kappa shape index (κ2) is 9.28. The fourth-order valence-corrected chi connectivity index (χ4v) is 3.12. The number of nitrogens with one attached hydrogen (secondary N) is 1. The Morgan fingerprint density at radius 2 is 1.67 bits per heavy atom. The molecule has 1 aromatic heterocycles. The fourth-order valence-electron chi connectivity index (χ4n) is 3.12. The summed E-state index contributed by atoms with van der Waals surface area (Å²) in [6, 6.07) is 15.4. The van der Waals surface area contributed by atoms with Crippen molar-refractivity contribution in [1.82, 2.24) is 20.1 Å². The topological polar surface area (TPSA) is 65.5 Å². The monoisotopic (exact) mass is 366 g/mol. The van der Waals surface area contributed by atoms with Gasteiger partial charge in [-0.25, -0.2) is 4.98 Å². The number of carbonyl (C=O) groups is 2. The van der Waals surface area contributed by atoms with Crippen LogP contribution in [0.2, 0.25) is 0 Å². The fraction of sp³-hybridized carbons (Fsp3) is 0.381. The maximum absolute atomic E-state index is 12.8. The van der Waals surface area contributed by atoms with Crippen molar-refractivity contribution >= 4 is 11.8 Å². The van der Waals surface area contributed by atoms with E-state index in [0.29, 0.717) is 25.3 Å². The van der Waals surface area contributed by atoms with E-state index in [9.17, 15) is 9.59 Å². The van der Waals surface area contributed by atoms with Crippen LogP contribution < -0.4 is 5.32 Å². The second-order valence-corrected chi connectivity index (χ2v) is 6.72. The van der Waals surface area contributed by atoms with Gasteiger partial charge in [0.05, 0.1) is 0 Å². The van der Waals surface area contributed by atoms with Gasteiger partial charge in [-0.3, -0.25) is 14.5 Å². The summed E-state index contributed by atoms with van der Waals surface area (Å²) in [6.45, 7) is 6.48. The zero-order chi connectivity index (χ0) is 19.1. The summed E-state index contributed by atoms with van der Waals surface area (Å²) >= 11 is 0. The smallest absolute Gasteiger partial charge is 0.272 e. The minimum Gasteiger partial charge on any atom is -0.351 e. The summed E-state index contributed by atoms with van der Waals surface area (Å²) in [6.07, 6.45) is 0.859. The van der Waals surface area contributed by atoms with E-state index in [1.54, 1.807) is 18.2 Å². The van der Waals surface area contributed by atoms with Crippen LogP contribution in [0.15, 0.2) is 48.5 Å². The lowest BCUT2D eigenvalue weighted by molar-refractivity contribution is 0.0622. The lowest BCUT2D eigenvalue weighted by Crippen LogP contribution is -2.48. The van der Waals surface area contributed by atoms with E-state index < -0.39 is 0 Å². The zero-order valence-electron chi connectivity index (χ0n) is 15.7. The van der Waals surface area contributed by atoms with Crippen LogP contribution in [0.3, 0.4) is 0 Å². The highest BCUT2D eigenvalue weighted by Gasteiger charge is 2.23. The SMILES string of the molecule is CCCNC(=O)c1cccc(C(=O)N2CCN(Cc3ccccc3)CC2)n1. The van der Waals surface area contributed by atoms with Crippen molar-refractivity contribution in [3.8, 4) is 0 Å². The van der Waals surface area contributed by atoms with Gasteiger partial charge in [-0.05, 0) is 24.1 Å². The molecule has 0 unspecified atom stereocenters. The van der Waals surface area contributed by atoms with Gasteiger partial charge in [-0.15, -0.1) is 0 Å². The molecule has 3 rings (SSSR count).